The normalized spacial score (nSPS) is 14.8. The van der Waals surface area contributed by atoms with E-state index in [1.165, 1.54) is 18.2 Å². The Hall–Kier alpha value is -3.04. The van der Waals surface area contributed by atoms with Gasteiger partial charge in [0.15, 0.2) is 5.82 Å². The zero-order chi connectivity index (χ0) is 20.3. The van der Waals surface area contributed by atoms with Crippen LogP contribution in [0.4, 0.5) is 24.7 Å². The molecule has 10 heteroatoms. The number of carbonyl (C=O) groups is 1. The third-order valence-electron chi connectivity index (χ3n) is 4.35. The third kappa shape index (κ3) is 4.81. The first-order valence-corrected chi connectivity index (χ1v) is 8.63. The van der Waals surface area contributed by atoms with E-state index >= 15 is 0 Å². The molecule has 0 aliphatic carbocycles. The predicted octanol–water partition coefficient (Wildman–Crippen LogP) is 2.40. The van der Waals surface area contributed by atoms with Crippen LogP contribution in [0.1, 0.15) is 10.4 Å². The van der Waals surface area contributed by atoms with Crippen LogP contribution in [0.3, 0.4) is 0 Å². The molecule has 1 fully saturated rings. The molecule has 1 aromatic heterocycles. The van der Waals surface area contributed by atoms with E-state index in [-0.39, 0.29) is 11.5 Å². The number of piperazine rings is 1. The minimum atomic E-state index is -4.80. The molecule has 7 nitrogen and oxygen atoms in total. The maximum Gasteiger partial charge on any atom is 0.573 e. The Bertz CT molecular complexity index is 836. The van der Waals surface area contributed by atoms with Crippen LogP contribution in [-0.4, -0.2) is 67.6 Å². The number of alkyl halides is 3. The quantitative estimate of drug-likeness (QED) is 0.792. The Kier molecular flexibility index (Phi) is 5.57. The summed E-state index contributed by atoms with van der Waals surface area (Å²) < 4.78 is 41.0. The van der Waals surface area contributed by atoms with Crippen molar-refractivity contribution in [2.75, 3.05) is 50.1 Å². The maximum absolute atomic E-state index is 12.6. The molecule has 0 N–H and O–H groups in total. The average molecular weight is 395 g/mol. The average Bonchev–Trinajstić information content (AvgIpc) is 2.66. The Morgan fingerprint density at radius 2 is 1.86 bits per heavy atom. The summed E-state index contributed by atoms with van der Waals surface area (Å²) in [5.41, 5.74) is 1.08. The molecular weight excluding hydrogens is 375 g/mol. The van der Waals surface area contributed by atoms with E-state index in [1.807, 2.05) is 30.0 Å². The van der Waals surface area contributed by atoms with Gasteiger partial charge < -0.3 is 19.4 Å². The lowest BCUT2D eigenvalue weighted by molar-refractivity contribution is -0.274. The molecule has 1 aromatic carbocycles. The molecule has 0 radical (unpaired) electrons. The van der Waals surface area contributed by atoms with Gasteiger partial charge in [-0.2, -0.15) is 5.10 Å². The number of anilines is 2. The highest BCUT2D eigenvalue weighted by atomic mass is 19.4. The van der Waals surface area contributed by atoms with E-state index < -0.39 is 12.1 Å². The van der Waals surface area contributed by atoms with E-state index in [1.54, 1.807) is 11.1 Å². The number of halogens is 3. The number of rotatable bonds is 4. The zero-order valence-electron chi connectivity index (χ0n) is 15.5. The van der Waals surface area contributed by atoms with E-state index in [9.17, 15) is 18.0 Å². The van der Waals surface area contributed by atoms with Gasteiger partial charge in [-0.05, 0) is 18.2 Å². The van der Waals surface area contributed by atoms with Crippen LogP contribution in [0.25, 0.3) is 0 Å². The van der Waals surface area contributed by atoms with Crippen LogP contribution in [0.2, 0.25) is 0 Å². The highest BCUT2D eigenvalue weighted by Crippen LogP contribution is 2.24. The molecule has 28 heavy (non-hydrogen) atoms. The summed E-state index contributed by atoms with van der Waals surface area (Å²) >= 11 is 0. The van der Waals surface area contributed by atoms with Crippen molar-refractivity contribution in [3.8, 4) is 5.75 Å². The first-order chi connectivity index (χ1) is 13.2. The second-order valence-electron chi connectivity index (χ2n) is 6.52. The molecule has 1 aliphatic heterocycles. The lowest BCUT2D eigenvalue weighted by Gasteiger charge is -2.35. The van der Waals surface area contributed by atoms with Gasteiger partial charge >= 0.3 is 6.36 Å². The number of carbonyl (C=O) groups excluding carboxylic acids is 1. The van der Waals surface area contributed by atoms with Gasteiger partial charge in [0.2, 0.25) is 0 Å². The molecule has 0 atom stereocenters. The zero-order valence-corrected chi connectivity index (χ0v) is 15.5. The van der Waals surface area contributed by atoms with Gasteiger partial charge in [0.05, 0.1) is 11.9 Å². The smallest absolute Gasteiger partial charge is 0.406 e. The van der Waals surface area contributed by atoms with Crippen LogP contribution in [0.15, 0.2) is 36.5 Å². The number of hydrogen-bond donors (Lipinski definition) is 0. The first-order valence-electron chi connectivity index (χ1n) is 8.63. The van der Waals surface area contributed by atoms with Crippen LogP contribution < -0.4 is 14.5 Å². The topological polar surface area (TPSA) is 61.8 Å². The fourth-order valence-corrected chi connectivity index (χ4v) is 2.89. The monoisotopic (exact) mass is 395 g/mol. The van der Waals surface area contributed by atoms with Crippen molar-refractivity contribution in [2.45, 2.75) is 6.36 Å². The molecule has 1 saturated heterocycles. The molecule has 1 amide bonds. The largest absolute Gasteiger partial charge is 0.573 e. The second kappa shape index (κ2) is 7.91. The van der Waals surface area contributed by atoms with Crippen LogP contribution in [-0.2, 0) is 0 Å². The minimum absolute atomic E-state index is 0.157. The van der Waals surface area contributed by atoms with E-state index in [0.717, 1.165) is 17.6 Å². The van der Waals surface area contributed by atoms with Crippen molar-refractivity contribution in [1.29, 1.82) is 0 Å². The Balaban J connectivity index is 1.64. The molecule has 2 heterocycles. The summed E-state index contributed by atoms with van der Waals surface area (Å²) in [6.45, 7) is 1.96. The molecule has 1 aliphatic rings. The fraction of sp³-hybridized carbons (Fsp3) is 0.389. The molecule has 2 aromatic rings. The van der Waals surface area contributed by atoms with Crippen molar-refractivity contribution in [2.24, 2.45) is 0 Å². The van der Waals surface area contributed by atoms with Gasteiger partial charge in [0, 0.05) is 51.9 Å². The number of benzene rings is 1. The number of nitrogens with zero attached hydrogens (tertiary/aromatic N) is 5. The van der Waals surface area contributed by atoms with Crippen molar-refractivity contribution >= 4 is 17.4 Å². The molecule has 0 unspecified atom stereocenters. The van der Waals surface area contributed by atoms with Gasteiger partial charge in [-0.15, -0.1) is 18.3 Å². The maximum atomic E-state index is 12.6. The Morgan fingerprint density at radius 1 is 1.14 bits per heavy atom. The Labute approximate surface area is 160 Å². The second-order valence-corrected chi connectivity index (χ2v) is 6.52. The summed E-state index contributed by atoms with van der Waals surface area (Å²) in [5, 5.41) is 8.14. The number of amides is 1. The molecule has 3 rings (SSSR count). The number of ether oxygens (including phenoxy) is 1. The molecule has 150 valence electrons. The van der Waals surface area contributed by atoms with E-state index in [0.29, 0.717) is 26.2 Å². The summed E-state index contributed by atoms with van der Waals surface area (Å²) in [6, 6.07) is 7.03. The van der Waals surface area contributed by atoms with Crippen molar-refractivity contribution in [3.63, 3.8) is 0 Å². The van der Waals surface area contributed by atoms with E-state index in [4.69, 9.17) is 0 Å². The van der Waals surface area contributed by atoms with Gasteiger partial charge in [-0.3, -0.25) is 4.79 Å². The lowest BCUT2D eigenvalue weighted by Crippen LogP contribution is -2.49. The van der Waals surface area contributed by atoms with Gasteiger partial charge in [-0.25, -0.2) is 0 Å². The molecule has 0 bridgehead atoms. The minimum Gasteiger partial charge on any atom is -0.406 e. The summed E-state index contributed by atoms with van der Waals surface area (Å²) in [5.74, 6) is -0.0213. The highest BCUT2D eigenvalue weighted by molar-refractivity contribution is 5.94. The molecule has 0 spiro atoms. The lowest BCUT2D eigenvalue weighted by atomic mass is 10.1. The standard InChI is InChI=1S/C18H20F3N5O2/c1-24(2)14-11-16(23-22-12-14)25-6-8-26(9-7-25)17(27)13-4-3-5-15(10-13)28-18(19,20)21/h3-5,10-12H,6-9H2,1-2H3. The number of hydrogen-bond acceptors (Lipinski definition) is 6. The van der Waals surface area contributed by atoms with Gasteiger partial charge in [-0.1, -0.05) is 6.07 Å². The summed E-state index contributed by atoms with van der Waals surface area (Å²) in [6.07, 6.45) is -3.13. The molecule has 0 saturated carbocycles. The predicted molar refractivity (Wildman–Crippen MR) is 97.6 cm³/mol. The van der Waals surface area contributed by atoms with Gasteiger partial charge in [0.25, 0.3) is 5.91 Å². The Morgan fingerprint density at radius 3 is 2.50 bits per heavy atom. The highest BCUT2D eigenvalue weighted by Gasteiger charge is 2.31. The van der Waals surface area contributed by atoms with Crippen LogP contribution in [0, 0.1) is 0 Å². The van der Waals surface area contributed by atoms with Crippen molar-refractivity contribution in [3.05, 3.63) is 42.1 Å². The summed E-state index contributed by atoms with van der Waals surface area (Å²) in [4.78, 5) is 18.2. The van der Waals surface area contributed by atoms with Gasteiger partial charge in [0.1, 0.15) is 5.75 Å². The SMILES string of the molecule is CN(C)c1cnnc(N2CCN(C(=O)c3cccc(OC(F)(F)F)c3)CC2)c1. The summed E-state index contributed by atoms with van der Waals surface area (Å²) in [7, 11) is 3.82. The van der Waals surface area contributed by atoms with E-state index in [2.05, 4.69) is 14.9 Å². The van der Waals surface area contributed by atoms with Crippen molar-refractivity contribution < 1.29 is 22.7 Å². The first kappa shape index (κ1) is 19.7. The number of aromatic nitrogens is 2. The van der Waals surface area contributed by atoms with Crippen LogP contribution >= 0.6 is 0 Å². The van der Waals surface area contributed by atoms with Crippen molar-refractivity contribution in [1.82, 2.24) is 15.1 Å². The van der Waals surface area contributed by atoms with Crippen LogP contribution in [0.5, 0.6) is 5.75 Å². The fourth-order valence-electron chi connectivity index (χ4n) is 2.89. The molecular formula is C18H20F3N5O2. The third-order valence-corrected chi connectivity index (χ3v) is 4.35.